The third kappa shape index (κ3) is 11.8. The minimum Gasteiger partial charge on any atom is -0.449 e. The summed E-state index contributed by atoms with van der Waals surface area (Å²) in [6, 6.07) is 21.9. The SMILES string of the molecule is CC(C)[C@H](NC(=O)[C@H](CS(=O)(=O)O)NC(=O)OCC1c2ccccc2-c2ccccc21)C(=O)N[C@@H](C)C(=O)Nc1ccc(COC(=O)Oc2ccc([N+](=O)[O-])cc2)cc1. The van der Waals surface area contributed by atoms with Gasteiger partial charge in [0.25, 0.3) is 15.8 Å². The molecule has 0 radical (unpaired) electrons. The van der Waals surface area contributed by atoms with Crippen LogP contribution in [-0.2, 0) is 40.6 Å². The van der Waals surface area contributed by atoms with Gasteiger partial charge in [-0.15, -0.1) is 0 Å². The molecule has 0 heterocycles. The molecule has 0 fully saturated rings. The van der Waals surface area contributed by atoms with Crippen LogP contribution in [0, 0.1) is 16.0 Å². The third-order valence-electron chi connectivity index (χ3n) is 9.16. The molecule has 0 bridgehead atoms. The second-order valence-electron chi connectivity index (χ2n) is 13.8. The number of hydrogen-bond acceptors (Lipinski definition) is 12. The maximum absolute atomic E-state index is 13.4. The van der Waals surface area contributed by atoms with E-state index in [1.807, 2.05) is 48.5 Å². The van der Waals surface area contributed by atoms with Gasteiger partial charge in [0.05, 0.1) is 4.92 Å². The Morgan fingerprint density at radius 1 is 0.763 bits per heavy atom. The zero-order valence-electron chi connectivity index (χ0n) is 31.9. The highest BCUT2D eigenvalue weighted by atomic mass is 32.2. The standard InChI is InChI=1S/C40H41N5O13S/c1-23(2)35(38(48)41-24(3)36(46)42-26-14-12-25(13-15-26)20-57-40(50)58-28-18-16-27(17-19-28)45(51)52)44-37(47)34(22-59(53,54)55)43-39(49)56-21-33-31-10-6-4-8-29(31)30-9-5-7-11-32(30)33/h4-19,23-24,33-35H,20-22H2,1-3H3,(H,41,48)(H,42,46)(H,43,49)(H,44,47)(H,53,54,55)/t24-,34-,35-/m0/s1. The number of nitro benzene ring substituents is 1. The molecule has 0 unspecified atom stereocenters. The lowest BCUT2D eigenvalue weighted by molar-refractivity contribution is -0.384. The van der Waals surface area contributed by atoms with Crippen LogP contribution in [-0.4, -0.2) is 78.3 Å². The van der Waals surface area contributed by atoms with Crippen molar-refractivity contribution in [3.05, 3.63) is 124 Å². The molecule has 310 valence electrons. The molecule has 1 aliphatic carbocycles. The van der Waals surface area contributed by atoms with Crippen molar-refractivity contribution >= 4 is 51.5 Å². The number of amides is 4. The number of alkyl carbamates (subject to hydrolysis) is 1. The largest absolute Gasteiger partial charge is 0.514 e. The number of ether oxygens (including phenoxy) is 3. The number of carbonyl (C=O) groups excluding carboxylic acids is 5. The Kier molecular flexibility index (Phi) is 14.0. The molecule has 19 heteroatoms. The molecule has 0 saturated heterocycles. The topological polar surface area (TPSA) is 259 Å². The molecule has 4 amide bonds. The van der Waals surface area contributed by atoms with Gasteiger partial charge >= 0.3 is 12.2 Å². The van der Waals surface area contributed by atoms with Crippen LogP contribution in [0.4, 0.5) is 21.0 Å². The van der Waals surface area contributed by atoms with E-state index in [1.54, 1.807) is 26.0 Å². The smallest absolute Gasteiger partial charge is 0.449 e. The van der Waals surface area contributed by atoms with Crippen molar-refractivity contribution in [2.24, 2.45) is 5.92 Å². The number of hydrogen-bond donors (Lipinski definition) is 5. The van der Waals surface area contributed by atoms with Crippen molar-refractivity contribution in [2.45, 2.75) is 51.4 Å². The number of nitrogens with zero attached hydrogens (tertiary/aromatic N) is 1. The number of benzene rings is 4. The molecular weight excluding hydrogens is 791 g/mol. The zero-order chi connectivity index (χ0) is 42.9. The van der Waals surface area contributed by atoms with Crippen LogP contribution in [0.3, 0.4) is 0 Å². The van der Waals surface area contributed by atoms with Crippen molar-refractivity contribution in [1.29, 1.82) is 0 Å². The predicted molar refractivity (Wildman–Crippen MR) is 212 cm³/mol. The monoisotopic (exact) mass is 831 g/mol. The van der Waals surface area contributed by atoms with Crippen molar-refractivity contribution in [2.75, 3.05) is 17.7 Å². The second-order valence-corrected chi connectivity index (χ2v) is 15.3. The van der Waals surface area contributed by atoms with Gasteiger partial charge in [0.15, 0.2) is 0 Å². The van der Waals surface area contributed by atoms with E-state index in [-0.39, 0.29) is 30.6 Å². The first kappa shape index (κ1) is 43.3. The molecule has 18 nitrogen and oxygen atoms in total. The Labute approximate surface area is 338 Å². The van der Waals surface area contributed by atoms with E-state index in [0.29, 0.717) is 11.3 Å². The molecule has 5 N–H and O–H groups in total. The Hall–Kier alpha value is -6.86. The molecule has 5 rings (SSSR count). The van der Waals surface area contributed by atoms with Crippen LogP contribution in [0.5, 0.6) is 5.75 Å². The molecule has 4 aromatic rings. The Balaban J connectivity index is 1.12. The van der Waals surface area contributed by atoms with Gasteiger partial charge in [-0.2, -0.15) is 8.42 Å². The van der Waals surface area contributed by atoms with E-state index in [0.717, 1.165) is 22.3 Å². The van der Waals surface area contributed by atoms with Gasteiger partial charge in [-0.25, -0.2) is 9.59 Å². The predicted octanol–water partition coefficient (Wildman–Crippen LogP) is 4.69. The molecule has 4 aromatic carbocycles. The highest BCUT2D eigenvalue weighted by Gasteiger charge is 2.34. The summed E-state index contributed by atoms with van der Waals surface area (Å²) in [7, 11) is -4.82. The van der Waals surface area contributed by atoms with Crippen molar-refractivity contribution in [3.8, 4) is 16.9 Å². The number of rotatable bonds is 16. The maximum Gasteiger partial charge on any atom is 0.514 e. The summed E-state index contributed by atoms with van der Waals surface area (Å²) in [6.07, 6.45) is -2.17. The quantitative estimate of drug-likeness (QED) is 0.0338. The van der Waals surface area contributed by atoms with Gasteiger partial charge in [0, 0.05) is 23.7 Å². The van der Waals surface area contributed by atoms with Gasteiger partial charge in [0.1, 0.15) is 42.8 Å². The van der Waals surface area contributed by atoms with Crippen molar-refractivity contribution < 1.29 is 56.1 Å². The fourth-order valence-corrected chi connectivity index (χ4v) is 6.83. The summed E-state index contributed by atoms with van der Waals surface area (Å²) in [4.78, 5) is 74.9. The summed E-state index contributed by atoms with van der Waals surface area (Å²) in [5, 5.41) is 20.5. The Morgan fingerprint density at radius 3 is 1.92 bits per heavy atom. The van der Waals surface area contributed by atoms with Gasteiger partial charge in [-0.1, -0.05) is 74.5 Å². The molecule has 0 aliphatic heterocycles. The fraction of sp³-hybridized carbons (Fsp3) is 0.275. The van der Waals surface area contributed by atoms with Crippen LogP contribution in [0.25, 0.3) is 11.1 Å². The van der Waals surface area contributed by atoms with E-state index < -0.39 is 74.8 Å². The zero-order valence-corrected chi connectivity index (χ0v) is 32.8. The Bertz CT molecular complexity index is 2270. The number of nitro groups is 1. The molecule has 1 aliphatic rings. The highest BCUT2D eigenvalue weighted by Crippen LogP contribution is 2.44. The lowest BCUT2D eigenvalue weighted by Crippen LogP contribution is -2.58. The van der Waals surface area contributed by atoms with Crippen LogP contribution < -0.4 is 26.0 Å². The first-order chi connectivity index (χ1) is 28.0. The van der Waals surface area contributed by atoms with Gasteiger partial charge in [0.2, 0.25) is 17.7 Å². The van der Waals surface area contributed by atoms with E-state index in [9.17, 15) is 47.1 Å². The first-order valence-corrected chi connectivity index (χ1v) is 19.8. The molecule has 3 atom stereocenters. The fourth-order valence-electron chi connectivity index (χ4n) is 6.17. The van der Waals surface area contributed by atoms with E-state index in [1.165, 1.54) is 43.3 Å². The van der Waals surface area contributed by atoms with Gasteiger partial charge < -0.3 is 35.5 Å². The van der Waals surface area contributed by atoms with E-state index in [2.05, 4.69) is 21.3 Å². The van der Waals surface area contributed by atoms with E-state index in [4.69, 9.17) is 14.2 Å². The molecule has 0 aromatic heterocycles. The number of fused-ring (bicyclic) bond motifs is 3. The lowest BCUT2D eigenvalue weighted by Gasteiger charge is -2.26. The van der Waals surface area contributed by atoms with Crippen LogP contribution >= 0.6 is 0 Å². The Morgan fingerprint density at radius 2 is 1.36 bits per heavy atom. The lowest BCUT2D eigenvalue weighted by atomic mass is 9.98. The number of nitrogens with one attached hydrogen (secondary N) is 4. The second kappa shape index (κ2) is 19.1. The number of anilines is 1. The molecular formula is C40H41N5O13S. The minimum absolute atomic E-state index is 0.0476. The van der Waals surface area contributed by atoms with Crippen LogP contribution in [0.2, 0.25) is 0 Å². The average molecular weight is 832 g/mol. The van der Waals surface area contributed by atoms with Crippen LogP contribution in [0.1, 0.15) is 43.4 Å². The summed E-state index contributed by atoms with van der Waals surface area (Å²) in [5.74, 6) is -4.62. The van der Waals surface area contributed by atoms with E-state index >= 15 is 0 Å². The normalized spacial score (nSPS) is 13.4. The first-order valence-electron chi connectivity index (χ1n) is 18.2. The summed E-state index contributed by atoms with van der Waals surface area (Å²) < 4.78 is 48.8. The average Bonchev–Trinajstić information content (AvgIpc) is 3.51. The molecule has 0 saturated carbocycles. The highest BCUT2D eigenvalue weighted by molar-refractivity contribution is 7.85. The third-order valence-corrected chi connectivity index (χ3v) is 9.91. The van der Waals surface area contributed by atoms with Gasteiger partial charge in [-0.3, -0.25) is 29.1 Å². The maximum atomic E-state index is 13.4. The minimum atomic E-state index is -4.82. The number of non-ortho nitro benzene ring substituents is 1. The summed E-state index contributed by atoms with van der Waals surface area (Å²) in [6.45, 7) is 4.24. The van der Waals surface area contributed by atoms with Crippen molar-refractivity contribution in [3.63, 3.8) is 0 Å². The molecule has 59 heavy (non-hydrogen) atoms. The van der Waals surface area contributed by atoms with Crippen LogP contribution in [0.15, 0.2) is 97.1 Å². The summed E-state index contributed by atoms with van der Waals surface area (Å²) >= 11 is 0. The molecule has 0 spiro atoms. The number of carbonyl (C=O) groups is 5. The summed E-state index contributed by atoms with van der Waals surface area (Å²) in [5.41, 5.74) is 4.49. The van der Waals surface area contributed by atoms with Crippen molar-refractivity contribution in [1.82, 2.24) is 16.0 Å². The van der Waals surface area contributed by atoms with Gasteiger partial charge in [-0.05, 0) is 64.9 Å².